The number of halogens is 1. The molecule has 0 fully saturated rings. The molecule has 2 nitrogen and oxygen atoms in total. The minimum Gasteiger partial charge on any atom is -0.482 e. The van der Waals surface area contributed by atoms with E-state index in [1.165, 1.54) is 0 Å². The van der Waals surface area contributed by atoms with Crippen LogP contribution in [-0.2, 0) is 0 Å². The smallest absolute Gasteiger partial charge is 0.143 e. The lowest BCUT2D eigenvalue weighted by Crippen LogP contribution is -1.88. The van der Waals surface area contributed by atoms with Crippen molar-refractivity contribution in [1.82, 2.24) is 0 Å². The number of benzene rings is 1. The van der Waals surface area contributed by atoms with Gasteiger partial charge in [0.1, 0.15) is 11.3 Å². The van der Waals surface area contributed by atoms with Gasteiger partial charge in [-0.2, -0.15) is 5.26 Å². The molecule has 0 N–H and O–H groups in total. The second-order valence-corrected chi connectivity index (χ2v) is 2.35. The van der Waals surface area contributed by atoms with Crippen molar-refractivity contribution in [3.8, 4) is 11.8 Å². The summed E-state index contributed by atoms with van der Waals surface area (Å²) in [7, 11) is 0. The molecule has 0 saturated heterocycles. The average molecular weight is 212 g/mol. The third kappa shape index (κ3) is 2.24. The van der Waals surface area contributed by atoms with Crippen LogP contribution >= 0.6 is 15.9 Å². The van der Waals surface area contributed by atoms with Gasteiger partial charge >= 0.3 is 0 Å². The summed E-state index contributed by atoms with van der Waals surface area (Å²) in [6, 6.07) is 9.06. The van der Waals surface area contributed by atoms with Gasteiger partial charge in [0.15, 0.2) is 0 Å². The van der Waals surface area contributed by atoms with E-state index in [4.69, 9.17) is 10.00 Å². The zero-order valence-electron chi connectivity index (χ0n) is 5.75. The first-order valence-electron chi connectivity index (χ1n) is 3.06. The average Bonchev–Trinajstić information content (AvgIpc) is 2.06. The fourth-order valence-corrected chi connectivity index (χ4v) is 0.983. The minimum absolute atomic E-state index is 0.446. The second-order valence-electron chi connectivity index (χ2n) is 1.89. The highest BCUT2D eigenvalue weighted by atomic mass is 79.9. The summed E-state index contributed by atoms with van der Waals surface area (Å²) < 4.78 is 5.11. The highest BCUT2D eigenvalue weighted by molar-refractivity contribution is 9.09. The van der Waals surface area contributed by atoms with Crippen LogP contribution in [0.4, 0.5) is 0 Å². The van der Waals surface area contributed by atoms with Crippen molar-refractivity contribution in [3.63, 3.8) is 0 Å². The zero-order valence-corrected chi connectivity index (χ0v) is 7.34. The topological polar surface area (TPSA) is 33.0 Å². The maximum absolute atomic E-state index is 8.51. The Morgan fingerprint density at radius 1 is 1.55 bits per heavy atom. The van der Waals surface area contributed by atoms with Gasteiger partial charge in [-0.15, -0.1) is 0 Å². The lowest BCUT2D eigenvalue weighted by Gasteiger charge is -1.99. The third-order valence-electron chi connectivity index (χ3n) is 1.18. The van der Waals surface area contributed by atoms with Crippen LogP contribution in [0.2, 0.25) is 0 Å². The normalized spacial score (nSPS) is 8.73. The van der Waals surface area contributed by atoms with Crippen molar-refractivity contribution in [2.45, 2.75) is 0 Å². The maximum atomic E-state index is 8.51. The Kier molecular flexibility index (Phi) is 2.94. The lowest BCUT2D eigenvalue weighted by molar-refractivity contribution is 0.398. The summed E-state index contributed by atoms with van der Waals surface area (Å²) in [5.74, 6) is 0.709. The van der Waals surface area contributed by atoms with E-state index in [0.717, 1.165) is 0 Å². The summed E-state index contributed by atoms with van der Waals surface area (Å²) in [5, 5.41) is 8.51. The molecule has 0 aliphatic rings. The molecule has 0 aliphatic carbocycles. The predicted molar refractivity (Wildman–Crippen MR) is 45.6 cm³/mol. The lowest BCUT2D eigenvalue weighted by atomic mass is 10.2. The quantitative estimate of drug-likeness (QED) is 0.704. The van der Waals surface area contributed by atoms with Crippen LogP contribution in [0.15, 0.2) is 24.3 Å². The van der Waals surface area contributed by atoms with Gasteiger partial charge in [0.05, 0.1) is 11.6 Å². The van der Waals surface area contributed by atoms with E-state index >= 15 is 0 Å². The second kappa shape index (κ2) is 3.99. The van der Waals surface area contributed by atoms with Crippen molar-refractivity contribution in [1.29, 1.82) is 5.26 Å². The van der Waals surface area contributed by atoms with E-state index in [1.807, 2.05) is 12.1 Å². The molecule has 0 spiro atoms. The fraction of sp³-hybridized carbons (Fsp3) is 0.125. The molecule has 1 aromatic rings. The van der Waals surface area contributed by atoms with Crippen molar-refractivity contribution in [2.75, 3.05) is 5.52 Å². The van der Waals surface area contributed by atoms with Crippen LogP contribution < -0.4 is 4.74 Å². The van der Waals surface area contributed by atoms with Gasteiger partial charge in [0, 0.05) is 0 Å². The molecule has 0 radical (unpaired) electrons. The van der Waals surface area contributed by atoms with Crippen LogP contribution in [0.5, 0.6) is 5.75 Å². The first-order valence-corrected chi connectivity index (χ1v) is 4.18. The van der Waals surface area contributed by atoms with Crippen LogP contribution in [0.25, 0.3) is 0 Å². The summed E-state index contributed by atoms with van der Waals surface area (Å²) in [4.78, 5) is 0. The number of ether oxygens (including phenoxy) is 1. The Balaban J connectivity index is 2.85. The molecule has 3 heteroatoms. The van der Waals surface area contributed by atoms with Gasteiger partial charge in [-0.1, -0.05) is 6.07 Å². The molecule has 0 amide bonds. The first-order chi connectivity index (χ1) is 5.36. The summed E-state index contributed by atoms with van der Waals surface area (Å²) in [6.07, 6.45) is 0. The molecule has 0 unspecified atom stereocenters. The van der Waals surface area contributed by atoms with Crippen LogP contribution in [0, 0.1) is 11.3 Å². The monoisotopic (exact) mass is 211 g/mol. The van der Waals surface area contributed by atoms with Gasteiger partial charge in [0.2, 0.25) is 0 Å². The highest BCUT2D eigenvalue weighted by Gasteiger charge is 1.92. The summed E-state index contributed by atoms with van der Waals surface area (Å²) >= 11 is 3.13. The molecular weight excluding hydrogens is 206 g/mol. The molecule has 0 heterocycles. The van der Waals surface area contributed by atoms with Gasteiger partial charge in [-0.25, -0.2) is 0 Å². The molecule has 1 aromatic carbocycles. The molecule has 0 aromatic heterocycles. The maximum Gasteiger partial charge on any atom is 0.143 e. The van der Waals surface area contributed by atoms with E-state index in [1.54, 1.807) is 18.2 Å². The number of alkyl halides is 1. The third-order valence-corrected chi connectivity index (χ3v) is 1.41. The molecule has 11 heavy (non-hydrogen) atoms. The van der Waals surface area contributed by atoms with E-state index in [-0.39, 0.29) is 0 Å². The zero-order chi connectivity index (χ0) is 8.10. The van der Waals surface area contributed by atoms with Crippen molar-refractivity contribution < 1.29 is 4.74 Å². The molecule has 0 atom stereocenters. The van der Waals surface area contributed by atoms with Gasteiger partial charge in [0.25, 0.3) is 0 Å². The van der Waals surface area contributed by atoms with E-state index in [2.05, 4.69) is 15.9 Å². The molecule has 1 rings (SSSR count). The Hall–Kier alpha value is -1.01. The highest BCUT2D eigenvalue weighted by Crippen LogP contribution is 2.12. The largest absolute Gasteiger partial charge is 0.482 e. The molecular formula is C8H6BrNO. The van der Waals surface area contributed by atoms with Gasteiger partial charge in [-0.3, -0.25) is 0 Å². The number of nitrogens with zero attached hydrogens (tertiary/aromatic N) is 1. The van der Waals surface area contributed by atoms with E-state index in [0.29, 0.717) is 16.8 Å². The van der Waals surface area contributed by atoms with E-state index < -0.39 is 0 Å². The Morgan fingerprint density at radius 2 is 2.36 bits per heavy atom. The summed E-state index contributed by atoms with van der Waals surface area (Å²) in [5.41, 5.74) is 1.06. The standard InChI is InChI=1S/C8H6BrNO/c9-6-11-8-3-1-2-7(4-8)5-10/h1-4H,6H2. The number of nitriles is 1. The number of hydrogen-bond acceptors (Lipinski definition) is 2. The SMILES string of the molecule is N#Cc1cccc(OCBr)c1. The van der Waals surface area contributed by atoms with Gasteiger partial charge in [-0.05, 0) is 34.1 Å². The Labute approximate surface area is 73.5 Å². The molecule has 0 saturated carbocycles. The Bertz CT molecular complexity index is 280. The predicted octanol–water partition coefficient (Wildman–Crippen LogP) is 2.29. The van der Waals surface area contributed by atoms with Crippen molar-refractivity contribution in [2.24, 2.45) is 0 Å². The summed E-state index contributed by atoms with van der Waals surface area (Å²) in [6.45, 7) is 0. The minimum atomic E-state index is 0.446. The fourth-order valence-electron chi connectivity index (χ4n) is 0.718. The van der Waals surface area contributed by atoms with Crippen LogP contribution in [0.3, 0.4) is 0 Å². The van der Waals surface area contributed by atoms with Crippen molar-refractivity contribution in [3.05, 3.63) is 29.8 Å². The van der Waals surface area contributed by atoms with Crippen LogP contribution in [0.1, 0.15) is 5.56 Å². The first kappa shape index (κ1) is 8.09. The molecule has 0 aliphatic heterocycles. The van der Waals surface area contributed by atoms with Crippen molar-refractivity contribution >= 4 is 15.9 Å². The van der Waals surface area contributed by atoms with Crippen LogP contribution in [-0.4, -0.2) is 5.52 Å². The van der Waals surface area contributed by atoms with Gasteiger partial charge < -0.3 is 4.74 Å². The Morgan fingerprint density at radius 3 is 3.00 bits per heavy atom. The molecule has 56 valence electrons. The number of rotatable bonds is 2. The molecule has 0 bridgehead atoms. The number of hydrogen-bond donors (Lipinski definition) is 0. The van der Waals surface area contributed by atoms with E-state index in [9.17, 15) is 0 Å².